The molecule has 1 aliphatic rings. The zero-order valence-electron chi connectivity index (χ0n) is 11.4. The summed E-state index contributed by atoms with van der Waals surface area (Å²) in [5.41, 5.74) is 2.70. The molecule has 0 saturated heterocycles. The van der Waals surface area contributed by atoms with Gasteiger partial charge >= 0.3 is 6.92 Å². The molecule has 1 atom stereocenters. The minimum atomic E-state index is 0.246. The Morgan fingerprint density at radius 1 is 1.29 bits per heavy atom. The summed E-state index contributed by atoms with van der Waals surface area (Å²) in [5, 5.41) is 0. The van der Waals surface area contributed by atoms with Gasteiger partial charge in [-0.3, -0.25) is 0 Å². The fourth-order valence-corrected chi connectivity index (χ4v) is 2.04. The summed E-state index contributed by atoms with van der Waals surface area (Å²) in [6.07, 6.45) is 4.33. The molecule has 1 unspecified atom stereocenters. The topological polar surface area (TPSA) is 12.5 Å². The number of rotatable bonds is 2. The SMILES string of the molecule is CB1OC(CN(C)C)c2ccccc21.CSC. The van der Waals surface area contributed by atoms with Gasteiger partial charge in [0.2, 0.25) is 0 Å². The van der Waals surface area contributed by atoms with Crippen molar-refractivity contribution in [1.29, 1.82) is 0 Å². The molecule has 0 saturated carbocycles. The van der Waals surface area contributed by atoms with E-state index in [1.54, 1.807) is 11.8 Å². The molecular weight excluding hydrogens is 229 g/mol. The van der Waals surface area contributed by atoms with Gasteiger partial charge in [-0.2, -0.15) is 11.8 Å². The summed E-state index contributed by atoms with van der Waals surface area (Å²) in [6, 6.07) is 8.50. The lowest BCUT2D eigenvalue weighted by Crippen LogP contribution is -2.24. The highest BCUT2D eigenvalue weighted by atomic mass is 32.2. The molecule has 0 bridgehead atoms. The van der Waals surface area contributed by atoms with Gasteiger partial charge in [-0.15, -0.1) is 0 Å². The van der Waals surface area contributed by atoms with Gasteiger partial charge in [0.1, 0.15) is 0 Å². The highest BCUT2D eigenvalue weighted by Gasteiger charge is 2.31. The van der Waals surface area contributed by atoms with E-state index in [0.29, 0.717) is 0 Å². The number of hydrogen-bond donors (Lipinski definition) is 0. The van der Waals surface area contributed by atoms with Crippen LogP contribution in [0.1, 0.15) is 11.7 Å². The first kappa shape index (κ1) is 14.6. The zero-order valence-corrected chi connectivity index (χ0v) is 12.3. The summed E-state index contributed by atoms with van der Waals surface area (Å²) in [4.78, 5) is 2.17. The largest absolute Gasteiger partial charge is 0.423 e. The molecule has 0 aromatic heterocycles. The van der Waals surface area contributed by atoms with Crippen LogP contribution in [-0.4, -0.2) is 45.0 Å². The highest BCUT2D eigenvalue weighted by Crippen LogP contribution is 2.24. The third-order valence-corrected chi connectivity index (χ3v) is 2.68. The Kier molecular flexibility index (Phi) is 6.10. The van der Waals surface area contributed by atoms with E-state index in [4.69, 9.17) is 4.65 Å². The molecule has 0 aliphatic carbocycles. The normalized spacial score (nSPS) is 17.8. The van der Waals surface area contributed by atoms with Crippen molar-refractivity contribution in [1.82, 2.24) is 4.90 Å². The zero-order chi connectivity index (χ0) is 12.8. The Bertz CT molecular complexity index is 344. The minimum Gasteiger partial charge on any atom is -0.423 e. The second kappa shape index (κ2) is 7.09. The van der Waals surface area contributed by atoms with Gasteiger partial charge in [-0.25, -0.2) is 0 Å². The van der Waals surface area contributed by atoms with Crippen LogP contribution in [0.4, 0.5) is 0 Å². The number of thioether (sulfide) groups is 1. The van der Waals surface area contributed by atoms with Gasteiger partial charge in [0.25, 0.3) is 0 Å². The van der Waals surface area contributed by atoms with Gasteiger partial charge in [0.15, 0.2) is 0 Å². The van der Waals surface area contributed by atoms with Crippen molar-refractivity contribution in [2.45, 2.75) is 12.9 Å². The third-order valence-electron chi connectivity index (χ3n) is 2.68. The summed E-state index contributed by atoms with van der Waals surface area (Å²) >= 11 is 1.75. The lowest BCUT2D eigenvalue weighted by molar-refractivity contribution is 0.176. The van der Waals surface area contributed by atoms with Crippen molar-refractivity contribution >= 4 is 24.1 Å². The number of likely N-dealkylation sites (N-methyl/N-ethyl adjacent to an activating group) is 1. The molecule has 0 fully saturated rings. The molecule has 94 valence electrons. The van der Waals surface area contributed by atoms with Gasteiger partial charge < -0.3 is 9.55 Å². The smallest absolute Gasteiger partial charge is 0.324 e. The summed E-state index contributed by atoms with van der Waals surface area (Å²) in [7, 11) is 4.16. The monoisotopic (exact) mass is 251 g/mol. The van der Waals surface area contributed by atoms with Crippen LogP contribution in [0, 0.1) is 0 Å². The molecule has 0 N–H and O–H groups in total. The molecule has 1 aromatic rings. The fourth-order valence-electron chi connectivity index (χ4n) is 2.04. The van der Waals surface area contributed by atoms with E-state index in [0.717, 1.165) is 6.54 Å². The average Bonchev–Trinajstić information content (AvgIpc) is 2.57. The molecular formula is C13H22BNOS. The van der Waals surface area contributed by atoms with Gasteiger partial charge in [0, 0.05) is 6.54 Å². The molecule has 17 heavy (non-hydrogen) atoms. The summed E-state index contributed by atoms with van der Waals surface area (Å²) in [6.45, 7) is 3.33. The maximum atomic E-state index is 5.90. The van der Waals surface area contributed by atoms with Crippen molar-refractivity contribution in [2.75, 3.05) is 33.2 Å². The average molecular weight is 251 g/mol. The van der Waals surface area contributed by atoms with E-state index in [1.807, 2.05) is 12.5 Å². The Morgan fingerprint density at radius 3 is 2.47 bits per heavy atom. The lowest BCUT2D eigenvalue weighted by atomic mass is 9.64. The third kappa shape index (κ3) is 4.05. The molecule has 2 rings (SSSR count). The van der Waals surface area contributed by atoms with E-state index < -0.39 is 0 Å². The van der Waals surface area contributed by atoms with Crippen LogP contribution in [0.2, 0.25) is 6.82 Å². The van der Waals surface area contributed by atoms with Crippen LogP contribution >= 0.6 is 11.8 Å². The van der Waals surface area contributed by atoms with Crippen LogP contribution in [0.3, 0.4) is 0 Å². The van der Waals surface area contributed by atoms with Crippen LogP contribution in [0.25, 0.3) is 0 Å². The first-order valence-electron chi connectivity index (χ1n) is 5.89. The van der Waals surface area contributed by atoms with Crippen molar-refractivity contribution in [2.24, 2.45) is 0 Å². The standard InChI is InChI=1S/C11H16BNO.C2H6S/c1-12-10-7-5-4-6-9(10)11(14-12)8-13(2)3;1-3-2/h4-7,11H,8H2,1-3H3;1-2H3. The molecule has 1 heterocycles. The number of fused-ring (bicyclic) bond motifs is 1. The fraction of sp³-hybridized carbons (Fsp3) is 0.538. The molecule has 0 amide bonds. The first-order chi connectivity index (χ1) is 8.10. The Labute approximate surface area is 110 Å². The predicted molar refractivity (Wildman–Crippen MR) is 79.5 cm³/mol. The second-order valence-electron chi connectivity index (χ2n) is 4.57. The first-order valence-corrected chi connectivity index (χ1v) is 7.52. The summed E-state index contributed by atoms with van der Waals surface area (Å²) in [5.74, 6) is 0. The van der Waals surface area contributed by atoms with Gasteiger partial charge in [0.05, 0.1) is 6.10 Å². The minimum absolute atomic E-state index is 0.246. The van der Waals surface area contributed by atoms with Crippen molar-refractivity contribution in [3.05, 3.63) is 29.8 Å². The highest BCUT2D eigenvalue weighted by molar-refractivity contribution is 7.97. The van der Waals surface area contributed by atoms with Gasteiger partial charge in [-0.1, -0.05) is 31.1 Å². The van der Waals surface area contributed by atoms with Crippen molar-refractivity contribution < 1.29 is 4.65 Å². The van der Waals surface area contributed by atoms with E-state index in [2.05, 4.69) is 50.1 Å². The van der Waals surface area contributed by atoms with E-state index in [1.165, 1.54) is 11.0 Å². The van der Waals surface area contributed by atoms with Crippen LogP contribution in [-0.2, 0) is 4.65 Å². The molecule has 4 heteroatoms. The van der Waals surface area contributed by atoms with Crippen molar-refractivity contribution in [3.8, 4) is 0 Å². The Hall–Kier alpha value is -0.445. The molecule has 2 nitrogen and oxygen atoms in total. The van der Waals surface area contributed by atoms with E-state index in [-0.39, 0.29) is 13.0 Å². The predicted octanol–water partition coefficient (Wildman–Crippen LogP) is 2.13. The Balaban J connectivity index is 0.000000437. The molecule has 0 spiro atoms. The molecule has 0 radical (unpaired) electrons. The number of benzene rings is 1. The van der Waals surface area contributed by atoms with E-state index >= 15 is 0 Å². The maximum Gasteiger partial charge on any atom is 0.324 e. The van der Waals surface area contributed by atoms with Crippen molar-refractivity contribution in [3.63, 3.8) is 0 Å². The van der Waals surface area contributed by atoms with Crippen LogP contribution < -0.4 is 5.46 Å². The van der Waals surface area contributed by atoms with Crippen LogP contribution in [0.5, 0.6) is 0 Å². The number of nitrogens with zero attached hydrogens (tertiary/aromatic N) is 1. The van der Waals surface area contributed by atoms with Gasteiger partial charge in [-0.05, 0) is 37.6 Å². The number of hydrogen-bond acceptors (Lipinski definition) is 3. The summed E-state index contributed by atoms with van der Waals surface area (Å²) < 4.78 is 5.90. The molecule has 1 aliphatic heterocycles. The quantitative estimate of drug-likeness (QED) is 0.747. The lowest BCUT2D eigenvalue weighted by Gasteiger charge is -2.17. The maximum absolute atomic E-state index is 5.90. The second-order valence-corrected chi connectivity index (χ2v) is 5.38. The Morgan fingerprint density at radius 2 is 1.88 bits per heavy atom. The van der Waals surface area contributed by atoms with E-state index in [9.17, 15) is 0 Å². The van der Waals surface area contributed by atoms with Crippen LogP contribution in [0.15, 0.2) is 24.3 Å². The molecule has 1 aromatic carbocycles.